The molecule has 0 aliphatic rings. The Bertz CT molecular complexity index is 353. The SMILES string of the molecule is Cl.NCCNS(=O)(=O)c1ccccc1. The largest absolute Gasteiger partial charge is 0.329 e. The number of benzene rings is 1. The molecule has 6 heteroatoms. The first-order valence-electron chi connectivity index (χ1n) is 3.91. The van der Waals surface area contributed by atoms with Gasteiger partial charge in [0.1, 0.15) is 0 Å². The summed E-state index contributed by atoms with van der Waals surface area (Å²) in [5.74, 6) is 0. The topological polar surface area (TPSA) is 72.2 Å². The molecule has 0 aliphatic heterocycles. The van der Waals surface area contributed by atoms with Gasteiger partial charge in [-0.05, 0) is 12.1 Å². The normalized spacial score (nSPS) is 10.6. The second-order valence-corrected chi connectivity index (χ2v) is 4.27. The van der Waals surface area contributed by atoms with Crippen LogP contribution in [0.2, 0.25) is 0 Å². The Morgan fingerprint density at radius 1 is 1.21 bits per heavy atom. The molecule has 3 N–H and O–H groups in total. The van der Waals surface area contributed by atoms with Gasteiger partial charge in [0.15, 0.2) is 0 Å². The Morgan fingerprint density at radius 3 is 2.29 bits per heavy atom. The molecule has 0 atom stereocenters. The number of halogens is 1. The molecule has 0 amide bonds. The Balaban J connectivity index is 0.00000169. The molecule has 0 radical (unpaired) electrons. The second-order valence-electron chi connectivity index (χ2n) is 2.50. The van der Waals surface area contributed by atoms with Crippen molar-refractivity contribution in [3.05, 3.63) is 30.3 Å². The summed E-state index contributed by atoms with van der Waals surface area (Å²) in [5.41, 5.74) is 5.19. The van der Waals surface area contributed by atoms with E-state index < -0.39 is 10.0 Å². The fourth-order valence-electron chi connectivity index (χ4n) is 0.876. The Labute approximate surface area is 90.0 Å². The minimum atomic E-state index is -3.35. The van der Waals surface area contributed by atoms with Crippen molar-refractivity contribution in [3.63, 3.8) is 0 Å². The first kappa shape index (κ1) is 13.4. The third-order valence-corrected chi connectivity index (χ3v) is 2.97. The molecule has 1 aromatic rings. The van der Waals surface area contributed by atoms with Crippen LogP contribution in [-0.4, -0.2) is 21.5 Å². The van der Waals surface area contributed by atoms with Gasteiger partial charge in [0.05, 0.1) is 4.90 Å². The summed E-state index contributed by atoms with van der Waals surface area (Å²) in [5, 5.41) is 0. The van der Waals surface area contributed by atoms with Crippen molar-refractivity contribution in [2.75, 3.05) is 13.1 Å². The molecule has 0 spiro atoms. The van der Waals surface area contributed by atoms with Gasteiger partial charge in [-0.15, -0.1) is 12.4 Å². The smallest absolute Gasteiger partial charge is 0.240 e. The van der Waals surface area contributed by atoms with E-state index in [1.165, 1.54) is 0 Å². The van der Waals surface area contributed by atoms with Gasteiger partial charge in [-0.3, -0.25) is 0 Å². The zero-order valence-corrected chi connectivity index (χ0v) is 9.14. The highest BCUT2D eigenvalue weighted by atomic mass is 35.5. The van der Waals surface area contributed by atoms with E-state index in [1.807, 2.05) is 0 Å². The predicted molar refractivity (Wildman–Crippen MR) is 57.9 cm³/mol. The third-order valence-electron chi connectivity index (χ3n) is 1.49. The molecular weight excluding hydrogens is 224 g/mol. The van der Waals surface area contributed by atoms with Crippen molar-refractivity contribution in [2.24, 2.45) is 5.73 Å². The van der Waals surface area contributed by atoms with Gasteiger partial charge in [0.2, 0.25) is 10.0 Å². The molecule has 1 aromatic carbocycles. The number of hydrogen-bond acceptors (Lipinski definition) is 3. The zero-order valence-electron chi connectivity index (χ0n) is 7.51. The lowest BCUT2D eigenvalue weighted by atomic mass is 10.4. The Hall–Kier alpha value is -0.620. The summed E-state index contributed by atoms with van der Waals surface area (Å²) in [7, 11) is -3.35. The molecule has 0 bridgehead atoms. The van der Waals surface area contributed by atoms with Crippen LogP contribution in [0, 0.1) is 0 Å². The molecule has 0 saturated carbocycles. The molecule has 0 unspecified atom stereocenters. The molecule has 80 valence electrons. The van der Waals surface area contributed by atoms with E-state index in [-0.39, 0.29) is 23.8 Å². The maximum Gasteiger partial charge on any atom is 0.240 e. The van der Waals surface area contributed by atoms with Crippen LogP contribution in [0.1, 0.15) is 0 Å². The number of hydrogen-bond donors (Lipinski definition) is 2. The monoisotopic (exact) mass is 236 g/mol. The van der Waals surface area contributed by atoms with Gasteiger partial charge in [0.25, 0.3) is 0 Å². The van der Waals surface area contributed by atoms with Gasteiger partial charge in [-0.25, -0.2) is 13.1 Å². The van der Waals surface area contributed by atoms with Crippen LogP contribution in [0.4, 0.5) is 0 Å². The zero-order chi connectivity index (χ0) is 9.73. The van der Waals surface area contributed by atoms with Crippen molar-refractivity contribution in [3.8, 4) is 0 Å². The average Bonchev–Trinajstić information content (AvgIpc) is 2.16. The van der Waals surface area contributed by atoms with Crippen LogP contribution in [0.15, 0.2) is 35.2 Å². The van der Waals surface area contributed by atoms with Crippen molar-refractivity contribution in [1.82, 2.24) is 4.72 Å². The van der Waals surface area contributed by atoms with E-state index in [9.17, 15) is 8.42 Å². The number of sulfonamides is 1. The van der Waals surface area contributed by atoms with E-state index in [0.29, 0.717) is 6.54 Å². The quantitative estimate of drug-likeness (QED) is 0.792. The summed E-state index contributed by atoms with van der Waals surface area (Å²) in [6.45, 7) is 0.559. The standard InChI is InChI=1S/C8H12N2O2S.ClH/c9-6-7-10-13(11,12)8-4-2-1-3-5-8;/h1-5,10H,6-7,9H2;1H. The molecule has 0 aliphatic carbocycles. The van der Waals surface area contributed by atoms with Gasteiger partial charge < -0.3 is 5.73 Å². The first-order valence-corrected chi connectivity index (χ1v) is 5.40. The van der Waals surface area contributed by atoms with E-state index in [1.54, 1.807) is 30.3 Å². The highest BCUT2D eigenvalue weighted by Gasteiger charge is 2.10. The lowest BCUT2D eigenvalue weighted by Crippen LogP contribution is -2.29. The number of nitrogens with two attached hydrogens (primary N) is 1. The highest BCUT2D eigenvalue weighted by Crippen LogP contribution is 2.05. The molecule has 14 heavy (non-hydrogen) atoms. The van der Waals surface area contributed by atoms with Crippen LogP contribution in [-0.2, 0) is 10.0 Å². The van der Waals surface area contributed by atoms with Crippen LogP contribution >= 0.6 is 12.4 Å². The van der Waals surface area contributed by atoms with Crippen LogP contribution < -0.4 is 10.5 Å². The first-order chi connectivity index (χ1) is 6.17. The Kier molecular flexibility index (Phi) is 5.71. The van der Waals surface area contributed by atoms with Crippen LogP contribution in [0.5, 0.6) is 0 Å². The molecular formula is C8H13ClN2O2S. The van der Waals surface area contributed by atoms with Crippen molar-refractivity contribution in [1.29, 1.82) is 0 Å². The fourth-order valence-corrected chi connectivity index (χ4v) is 1.94. The summed E-state index contributed by atoms with van der Waals surface area (Å²) in [6.07, 6.45) is 0. The molecule has 0 fully saturated rings. The molecule has 4 nitrogen and oxygen atoms in total. The van der Waals surface area contributed by atoms with Crippen molar-refractivity contribution in [2.45, 2.75) is 4.90 Å². The predicted octanol–water partition coefficient (Wildman–Crippen LogP) is 0.345. The lowest BCUT2D eigenvalue weighted by molar-refractivity contribution is 0.582. The molecule has 0 heterocycles. The minimum absolute atomic E-state index is 0. The van der Waals surface area contributed by atoms with Gasteiger partial charge in [0, 0.05) is 13.1 Å². The molecule has 0 saturated heterocycles. The van der Waals surface area contributed by atoms with Gasteiger partial charge in [-0.2, -0.15) is 0 Å². The highest BCUT2D eigenvalue weighted by molar-refractivity contribution is 7.89. The van der Waals surface area contributed by atoms with Gasteiger partial charge in [-0.1, -0.05) is 18.2 Å². The molecule has 1 rings (SSSR count). The summed E-state index contributed by atoms with van der Waals surface area (Å²) < 4.78 is 25.2. The summed E-state index contributed by atoms with van der Waals surface area (Å²) in [4.78, 5) is 0.267. The molecule has 0 aromatic heterocycles. The van der Waals surface area contributed by atoms with Gasteiger partial charge >= 0.3 is 0 Å². The number of nitrogens with one attached hydrogen (secondary N) is 1. The van der Waals surface area contributed by atoms with E-state index >= 15 is 0 Å². The third kappa shape index (κ3) is 3.63. The maximum absolute atomic E-state index is 11.4. The summed E-state index contributed by atoms with van der Waals surface area (Å²) >= 11 is 0. The fraction of sp³-hybridized carbons (Fsp3) is 0.250. The lowest BCUT2D eigenvalue weighted by Gasteiger charge is -2.04. The van der Waals surface area contributed by atoms with E-state index in [0.717, 1.165) is 0 Å². The average molecular weight is 237 g/mol. The van der Waals surface area contributed by atoms with E-state index in [4.69, 9.17) is 5.73 Å². The maximum atomic E-state index is 11.4. The van der Waals surface area contributed by atoms with E-state index in [2.05, 4.69) is 4.72 Å². The second kappa shape index (κ2) is 5.98. The Morgan fingerprint density at radius 2 is 1.79 bits per heavy atom. The summed E-state index contributed by atoms with van der Waals surface area (Å²) in [6, 6.07) is 8.20. The number of rotatable bonds is 4. The van der Waals surface area contributed by atoms with Crippen LogP contribution in [0.25, 0.3) is 0 Å². The van der Waals surface area contributed by atoms with Crippen molar-refractivity contribution >= 4 is 22.4 Å². The van der Waals surface area contributed by atoms with Crippen molar-refractivity contribution < 1.29 is 8.42 Å². The van der Waals surface area contributed by atoms with Crippen LogP contribution in [0.3, 0.4) is 0 Å². The minimum Gasteiger partial charge on any atom is -0.329 e.